The summed E-state index contributed by atoms with van der Waals surface area (Å²) in [5.74, 6) is 0.948. The molecule has 1 heterocycles. The molecule has 2 rings (SSSR count). The zero-order chi connectivity index (χ0) is 14.1. The third-order valence-electron chi connectivity index (χ3n) is 4.12. The smallest absolute Gasteiger partial charge is 0.264 e. The SMILES string of the molecule is CC(C)C1CCC2(CC1)OCC(COS(C)(=O)=O)O2. The topological polar surface area (TPSA) is 61.8 Å². The lowest BCUT2D eigenvalue weighted by atomic mass is 9.79. The first kappa shape index (κ1) is 15.2. The first-order valence-electron chi connectivity index (χ1n) is 6.96. The first-order chi connectivity index (χ1) is 8.80. The Labute approximate surface area is 115 Å². The van der Waals surface area contributed by atoms with E-state index in [0.717, 1.165) is 37.9 Å². The van der Waals surface area contributed by atoms with Crippen molar-refractivity contribution in [3.05, 3.63) is 0 Å². The van der Waals surface area contributed by atoms with Crippen LogP contribution in [0.25, 0.3) is 0 Å². The molecule has 2 fully saturated rings. The fraction of sp³-hybridized carbons (Fsp3) is 1.00. The minimum absolute atomic E-state index is 0.0498. The van der Waals surface area contributed by atoms with E-state index in [1.54, 1.807) is 0 Å². The number of hydrogen-bond donors (Lipinski definition) is 0. The van der Waals surface area contributed by atoms with E-state index in [-0.39, 0.29) is 12.7 Å². The maximum Gasteiger partial charge on any atom is 0.264 e. The van der Waals surface area contributed by atoms with Crippen LogP contribution in [-0.2, 0) is 23.8 Å². The Morgan fingerprint density at radius 1 is 1.32 bits per heavy atom. The van der Waals surface area contributed by atoms with Crippen molar-refractivity contribution in [2.24, 2.45) is 11.8 Å². The third-order valence-corrected chi connectivity index (χ3v) is 4.68. The maximum absolute atomic E-state index is 11.0. The lowest BCUT2D eigenvalue weighted by Crippen LogP contribution is -2.37. The summed E-state index contributed by atoms with van der Waals surface area (Å²) in [5.41, 5.74) is 0. The molecule has 0 N–H and O–H groups in total. The van der Waals surface area contributed by atoms with Crippen molar-refractivity contribution in [2.45, 2.75) is 51.4 Å². The van der Waals surface area contributed by atoms with Crippen LogP contribution in [0.5, 0.6) is 0 Å². The highest BCUT2D eigenvalue weighted by molar-refractivity contribution is 7.85. The second-order valence-corrected chi connectivity index (χ2v) is 7.68. The van der Waals surface area contributed by atoms with Gasteiger partial charge in [-0.05, 0) is 24.7 Å². The minimum atomic E-state index is -3.41. The molecule has 0 radical (unpaired) electrons. The van der Waals surface area contributed by atoms with Gasteiger partial charge in [0.25, 0.3) is 10.1 Å². The molecule has 1 unspecified atom stereocenters. The minimum Gasteiger partial charge on any atom is -0.347 e. The Balaban J connectivity index is 1.82. The zero-order valence-electron chi connectivity index (χ0n) is 11.9. The Kier molecular flexibility index (Phi) is 4.55. The van der Waals surface area contributed by atoms with Crippen LogP contribution in [-0.4, -0.2) is 39.8 Å². The normalized spacial score (nSPS) is 36.2. The fourth-order valence-corrected chi connectivity index (χ4v) is 3.31. The summed E-state index contributed by atoms with van der Waals surface area (Å²) >= 11 is 0. The molecule has 2 aliphatic rings. The van der Waals surface area contributed by atoms with Crippen molar-refractivity contribution in [3.63, 3.8) is 0 Å². The van der Waals surface area contributed by atoms with Crippen molar-refractivity contribution < 1.29 is 22.1 Å². The van der Waals surface area contributed by atoms with Crippen LogP contribution in [0.2, 0.25) is 0 Å². The van der Waals surface area contributed by atoms with Gasteiger partial charge in [0.15, 0.2) is 5.79 Å². The van der Waals surface area contributed by atoms with Gasteiger partial charge in [-0.1, -0.05) is 13.8 Å². The van der Waals surface area contributed by atoms with Gasteiger partial charge < -0.3 is 9.47 Å². The molecule has 1 saturated heterocycles. The highest BCUT2D eigenvalue weighted by atomic mass is 32.2. The molecule has 112 valence electrons. The molecule has 1 spiro atoms. The van der Waals surface area contributed by atoms with Gasteiger partial charge in [-0.25, -0.2) is 0 Å². The quantitative estimate of drug-likeness (QED) is 0.741. The van der Waals surface area contributed by atoms with Crippen molar-refractivity contribution in [1.29, 1.82) is 0 Å². The molecule has 0 aromatic carbocycles. The fourth-order valence-electron chi connectivity index (χ4n) is 2.91. The zero-order valence-corrected chi connectivity index (χ0v) is 12.7. The molecule has 0 bridgehead atoms. The van der Waals surface area contributed by atoms with E-state index >= 15 is 0 Å². The predicted molar refractivity (Wildman–Crippen MR) is 71.1 cm³/mol. The lowest BCUT2D eigenvalue weighted by molar-refractivity contribution is -0.196. The molecular weight excluding hydrogens is 268 g/mol. The summed E-state index contributed by atoms with van der Waals surface area (Å²) in [7, 11) is -3.41. The molecule has 19 heavy (non-hydrogen) atoms. The highest BCUT2D eigenvalue weighted by Gasteiger charge is 2.44. The van der Waals surface area contributed by atoms with Crippen LogP contribution in [0.3, 0.4) is 0 Å². The maximum atomic E-state index is 11.0. The number of hydrogen-bond acceptors (Lipinski definition) is 5. The van der Waals surface area contributed by atoms with Gasteiger partial charge in [0.1, 0.15) is 6.10 Å². The summed E-state index contributed by atoms with van der Waals surface area (Å²) < 4.78 is 38.4. The third kappa shape index (κ3) is 4.15. The summed E-state index contributed by atoms with van der Waals surface area (Å²) in [5, 5.41) is 0. The summed E-state index contributed by atoms with van der Waals surface area (Å²) in [6, 6.07) is 0. The van der Waals surface area contributed by atoms with Crippen LogP contribution >= 0.6 is 0 Å². The summed E-state index contributed by atoms with van der Waals surface area (Å²) in [6.07, 6.45) is 4.78. The molecule has 1 aliphatic carbocycles. The van der Waals surface area contributed by atoms with Crippen LogP contribution in [0.1, 0.15) is 39.5 Å². The highest BCUT2D eigenvalue weighted by Crippen LogP contribution is 2.42. The van der Waals surface area contributed by atoms with E-state index < -0.39 is 15.9 Å². The average Bonchev–Trinajstić information content (AvgIpc) is 2.70. The van der Waals surface area contributed by atoms with Gasteiger partial charge >= 0.3 is 0 Å². The summed E-state index contributed by atoms with van der Waals surface area (Å²) in [6.45, 7) is 4.97. The van der Waals surface area contributed by atoms with E-state index in [1.165, 1.54) is 0 Å². The van der Waals surface area contributed by atoms with Crippen LogP contribution < -0.4 is 0 Å². The Morgan fingerprint density at radius 3 is 2.47 bits per heavy atom. The van der Waals surface area contributed by atoms with Gasteiger partial charge in [0.2, 0.25) is 0 Å². The molecule has 5 nitrogen and oxygen atoms in total. The molecule has 0 aromatic rings. The Bertz CT molecular complexity index is 395. The second kappa shape index (κ2) is 5.68. The van der Waals surface area contributed by atoms with Gasteiger partial charge in [-0.3, -0.25) is 4.18 Å². The van der Waals surface area contributed by atoms with Crippen LogP contribution in [0, 0.1) is 11.8 Å². The second-order valence-electron chi connectivity index (χ2n) is 6.03. The number of rotatable bonds is 4. The van der Waals surface area contributed by atoms with Crippen molar-refractivity contribution in [2.75, 3.05) is 19.5 Å². The molecule has 1 saturated carbocycles. The average molecular weight is 292 g/mol. The van der Waals surface area contributed by atoms with E-state index in [9.17, 15) is 8.42 Å². The predicted octanol–water partition coefficient (Wildman–Crippen LogP) is 1.92. The first-order valence-corrected chi connectivity index (χ1v) is 8.77. The van der Waals surface area contributed by atoms with Crippen LogP contribution in [0.15, 0.2) is 0 Å². The molecule has 0 aromatic heterocycles. The van der Waals surface area contributed by atoms with Gasteiger partial charge in [-0.15, -0.1) is 0 Å². The molecule has 6 heteroatoms. The van der Waals surface area contributed by atoms with E-state index in [2.05, 4.69) is 13.8 Å². The monoisotopic (exact) mass is 292 g/mol. The van der Waals surface area contributed by atoms with Crippen molar-refractivity contribution in [1.82, 2.24) is 0 Å². The molecular formula is C13H24O5S. The van der Waals surface area contributed by atoms with E-state index in [1.807, 2.05) is 0 Å². The Hall–Kier alpha value is -0.170. The van der Waals surface area contributed by atoms with E-state index in [4.69, 9.17) is 13.7 Å². The lowest BCUT2D eigenvalue weighted by Gasteiger charge is -2.37. The van der Waals surface area contributed by atoms with Gasteiger partial charge in [0.05, 0.1) is 19.5 Å². The van der Waals surface area contributed by atoms with E-state index in [0.29, 0.717) is 12.5 Å². The summed E-state index contributed by atoms with van der Waals surface area (Å²) in [4.78, 5) is 0. The molecule has 1 atom stereocenters. The van der Waals surface area contributed by atoms with Crippen molar-refractivity contribution in [3.8, 4) is 0 Å². The van der Waals surface area contributed by atoms with Crippen LogP contribution in [0.4, 0.5) is 0 Å². The number of ether oxygens (including phenoxy) is 2. The Morgan fingerprint density at radius 2 is 1.95 bits per heavy atom. The largest absolute Gasteiger partial charge is 0.347 e. The molecule has 1 aliphatic heterocycles. The van der Waals surface area contributed by atoms with Gasteiger partial charge in [-0.2, -0.15) is 8.42 Å². The van der Waals surface area contributed by atoms with Gasteiger partial charge in [0, 0.05) is 12.8 Å². The van der Waals surface area contributed by atoms with Crippen molar-refractivity contribution >= 4 is 10.1 Å². The standard InChI is InChI=1S/C13H24O5S/c1-10(2)11-4-6-13(7-5-11)16-8-12(18-13)9-17-19(3,14)15/h10-12H,4-9H2,1-3H3. The molecule has 0 amide bonds.